The third kappa shape index (κ3) is 2.30. The Hall–Kier alpha value is -3.41. The molecule has 0 saturated carbocycles. The molecule has 12 heteroatoms. The van der Waals surface area contributed by atoms with Gasteiger partial charge in [-0.2, -0.15) is 24.1 Å². The number of hydrogen-bond acceptors (Lipinski definition) is 6. The average molecular weight is 402 g/mol. The van der Waals surface area contributed by atoms with Crippen molar-refractivity contribution in [2.45, 2.75) is 12.5 Å². The molecule has 5 aromatic rings. The first-order chi connectivity index (χ1) is 13.5. The highest BCUT2D eigenvalue weighted by molar-refractivity contribution is 7.19. The zero-order valence-electron chi connectivity index (χ0n) is 14.3. The van der Waals surface area contributed by atoms with E-state index < -0.39 is 5.92 Å². The SMILES string of the molecule is Cn1c2nc(C(F)(F)c3ccn[nH]3)sc2c2cnn(Cc3ccn[nH]3)c(=O)c21. The predicted molar refractivity (Wildman–Crippen MR) is 97.4 cm³/mol. The highest BCUT2D eigenvalue weighted by Gasteiger charge is 2.40. The maximum Gasteiger partial charge on any atom is 0.340 e. The number of halogens is 2. The number of aryl methyl sites for hydroxylation is 1. The fourth-order valence-corrected chi connectivity index (χ4v) is 4.21. The molecular formula is C16H12F2N8OS. The quantitative estimate of drug-likeness (QED) is 0.478. The number of nitrogens with one attached hydrogen (secondary N) is 2. The summed E-state index contributed by atoms with van der Waals surface area (Å²) in [5.41, 5.74) is 0.731. The Balaban J connectivity index is 1.67. The van der Waals surface area contributed by atoms with Crippen molar-refractivity contribution in [1.82, 2.24) is 39.7 Å². The van der Waals surface area contributed by atoms with Crippen LogP contribution in [0, 0.1) is 0 Å². The summed E-state index contributed by atoms with van der Waals surface area (Å²) in [6, 6.07) is 2.95. The lowest BCUT2D eigenvalue weighted by molar-refractivity contribution is 0.0378. The minimum atomic E-state index is -3.31. The van der Waals surface area contributed by atoms with Gasteiger partial charge in [-0.1, -0.05) is 0 Å². The van der Waals surface area contributed by atoms with Crippen LogP contribution >= 0.6 is 11.3 Å². The molecule has 0 unspecified atom stereocenters. The van der Waals surface area contributed by atoms with Gasteiger partial charge in [0, 0.05) is 24.8 Å². The van der Waals surface area contributed by atoms with Crippen molar-refractivity contribution in [1.29, 1.82) is 0 Å². The van der Waals surface area contributed by atoms with Gasteiger partial charge in [0.1, 0.15) is 11.2 Å². The number of hydrogen-bond donors (Lipinski definition) is 2. The van der Waals surface area contributed by atoms with E-state index in [0.717, 1.165) is 17.0 Å². The summed E-state index contributed by atoms with van der Waals surface area (Å²) in [4.78, 5) is 17.0. The van der Waals surface area contributed by atoms with Crippen molar-refractivity contribution in [3.8, 4) is 0 Å². The van der Waals surface area contributed by atoms with E-state index >= 15 is 0 Å². The van der Waals surface area contributed by atoms with Crippen LogP contribution in [0.1, 0.15) is 16.4 Å². The Labute approximate surface area is 158 Å². The number of alkyl halides is 2. The lowest BCUT2D eigenvalue weighted by Crippen LogP contribution is -2.24. The first-order valence-electron chi connectivity index (χ1n) is 8.18. The Morgan fingerprint density at radius 2 is 2.00 bits per heavy atom. The van der Waals surface area contributed by atoms with Crippen LogP contribution in [-0.2, 0) is 19.5 Å². The normalized spacial score (nSPS) is 12.4. The number of rotatable bonds is 4. The van der Waals surface area contributed by atoms with E-state index in [4.69, 9.17) is 0 Å². The van der Waals surface area contributed by atoms with Gasteiger partial charge in [0.25, 0.3) is 5.56 Å². The third-order valence-electron chi connectivity index (χ3n) is 4.51. The monoisotopic (exact) mass is 402 g/mol. The number of aromatic amines is 2. The van der Waals surface area contributed by atoms with E-state index in [1.54, 1.807) is 19.3 Å². The molecule has 0 aliphatic carbocycles. The minimum absolute atomic E-state index is 0.226. The zero-order chi connectivity index (χ0) is 19.5. The fraction of sp³-hybridized carbons (Fsp3) is 0.188. The molecule has 0 amide bonds. The van der Waals surface area contributed by atoms with E-state index in [1.807, 2.05) is 0 Å². The Morgan fingerprint density at radius 3 is 2.71 bits per heavy atom. The molecule has 28 heavy (non-hydrogen) atoms. The van der Waals surface area contributed by atoms with E-state index in [0.29, 0.717) is 21.3 Å². The molecule has 0 radical (unpaired) electrons. The van der Waals surface area contributed by atoms with Gasteiger partial charge >= 0.3 is 5.92 Å². The van der Waals surface area contributed by atoms with Crippen LogP contribution in [0.15, 0.2) is 35.5 Å². The molecule has 0 atom stereocenters. The second kappa shape index (κ2) is 5.79. The molecule has 9 nitrogen and oxygen atoms in total. The van der Waals surface area contributed by atoms with Crippen molar-refractivity contribution in [3.05, 3.63) is 57.5 Å². The van der Waals surface area contributed by atoms with Crippen LogP contribution in [0.25, 0.3) is 21.3 Å². The Kier molecular flexibility index (Phi) is 3.46. The fourth-order valence-electron chi connectivity index (χ4n) is 3.12. The van der Waals surface area contributed by atoms with Crippen molar-refractivity contribution in [3.63, 3.8) is 0 Å². The van der Waals surface area contributed by atoms with Crippen LogP contribution < -0.4 is 5.56 Å². The molecule has 2 N–H and O–H groups in total. The van der Waals surface area contributed by atoms with Crippen LogP contribution in [-0.4, -0.2) is 39.7 Å². The molecule has 0 bridgehead atoms. The predicted octanol–water partition coefficient (Wildman–Crippen LogP) is 1.98. The van der Waals surface area contributed by atoms with Crippen molar-refractivity contribution < 1.29 is 8.78 Å². The summed E-state index contributed by atoms with van der Waals surface area (Å²) < 4.78 is 32.7. The Morgan fingerprint density at radius 1 is 1.21 bits per heavy atom. The van der Waals surface area contributed by atoms with Crippen LogP contribution in [0.2, 0.25) is 0 Å². The summed E-state index contributed by atoms with van der Waals surface area (Å²) in [6.07, 6.45) is 4.35. The maximum atomic E-state index is 14.7. The lowest BCUT2D eigenvalue weighted by Gasteiger charge is -2.10. The van der Waals surface area contributed by atoms with Gasteiger partial charge in [-0.25, -0.2) is 9.67 Å². The molecule has 0 saturated heterocycles. The standard InChI is InChI=1S/C16H12F2N8OS/c1-25-11-9(6-21-26(14(11)27)7-8-2-4-19-23-8)12-13(25)22-15(28-12)16(17,18)10-3-5-20-24-10/h2-6H,7H2,1H3,(H,19,23)(H,20,24). The van der Waals surface area contributed by atoms with Crippen LogP contribution in [0.4, 0.5) is 8.78 Å². The van der Waals surface area contributed by atoms with E-state index in [1.165, 1.54) is 27.7 Å². The topological polar surface area (TPSA) is 110 Å². The number of thiazole rings is 1. The van der Waals surface area contributed by atoms with Gasteiger partial charge in [-0.15, -0.1) is 11.3 Å². The van der Waals surface area contributed by atoms with Crippen molar-refractivity contribution >= 4 is 32.6 Å². The van der Waals surface area contributed by atoms with Gasteiger partial charge in [-0.3, -0.25) is 15.0 Å². The molecule has 142 valence electrons. The molecule has 0 fully saturated rings. The smallest absolute Gasteiger partial charge is 0.323 e. The molecule has 0 aromatic carbocycles. The summed E-state index contributed by atoms with van der Waals surface area (Å²) in [5, 5.41) is 16.8. The van der Waals surface area contributed by atoms with Gasteiger partial charge < -0.3 is 4.57 Å². The first-order valence-corrected chi connectivity index (χ1v) is 9.00. The van der Waals surface area contributed by atoms with Gasteiger partial charge in [-0.05, 0) is 12.1 Å². The number of H-pyrrole nitrogens is 2. The summed E-state index contributed by atoms with van der Waals surface area (Å²) in [7, 11) is 1.63. The van der Waals surface area contributed by atoms with Crippen molar-refractivity contribution in [2.75, 3.05) is 0 Å². The van der Waals surface area contributed by atoms with E-state index in [2.05, 4.69) is 30.5 Å². The number of aromatic nitrogens is 8. The Bertz CT molecular complexity index is 1350. The van der Waals surface area contributed by atoms with Gasteiger partial charge in [0.05, 0.1) is 23.1 Å². The van der Waals surface area contributed by atoms with Crippen LogP contribution in [0.3, 0.4) is 0 Å². The highest BCUT2D eigenvalue weighted by Crippen LogP contribution is 2.41. The molecule has 5 rings (SSSR count). The largest absolute Gasteiger partial charge is 0.340 e. The zero-order valence-corrected chi connectivity index (χ0v) is 15.2. The molecule has 5 heterocycles. The second-order valence-corrected chi connectivity index (χ2v) is 7.23. The summed E-state index contributed by atoms with van der Waals surface area (Å²) in [5.74, 6) is -3.31. The molecule has 0 aliphatic heterocycles. The highest BCUT2D eigenvalue weighted by atomic mass is 32.1. The van der Waals surface area contributed by atoms with E-state index in [-0.39, 0.29) is 22.8 Å². The van der Waals surface area contributed by atoms with Crippen molar-refractivity contribution in [2.24, 2.45) is 7.05 Å². The first kappa shape index (κ1) is 16.7. The molecule has 0 spiro atoms. The molecular weight excluding hydrogens is 390 g/mol. The summed E-state index contributed by atoms with van der Waals surface area (Å²) in [6.45, 7) is 0.226. The summed E-state index contributed by atoms with van der Waals surface area (Å²) >= 11 is 0.839. The molecule has 5 aromatic heterocycles. The number of fused-ring (bicyclic) bond motifs is 3. The van der Waals surface area contributed by atoms with Gasteiger partial charge in [0.2, 0.25) is 0 Å². The maximum absolute atomic E-state index is 14.7. The second-order valence-electron chi connectivity index (χ2n) is 6.23. The minimum Gasteiger partial charge on any atom is -0.323 e. The molecule has 0 aliphatic rings. The third-order valence-corrected chi connectivity index (χ3v) is 5.66. The lowest BCUT2D eigenvalue weighted by atomic mass is 10.2. The van der Waals surface area contributed by atoms with Crippen LogP contribution in [0.5, 0.6) is 0 Å². The van der Waals surface area contributed by atoms with Gasteiger partial charge in [0.15, 0.2) is 10.7 Å². The van der Waals surface area contributed by atoms with E-state index in [9.17, 15) is 13.6 Å². The number of nitrogens with zero attached hydrogens (tertiary/aromatic N) is 6. The average Bonchev–Trinajstić information content (AvgIpc) is 3.44.